The van der Waals surface area contributed by atoms with E-state index >= 15 is 0 Å². The molecule has 0 saturated carbocycles. The van der Waals surface area contributed by atoms with E-state index in [1.54, 1.807) is 13.3 Å². The van der Waals surface area contributed by atoms with Gasteiger partial charge in [-0.15, -0.1) is 10.2 Å². The number of hydrogen-bond acceptors (Lipinski definition) is 5. The van der Waals surface area contributed by atoms with Gasteiger partial charge in [0.2, 0.25) is 5.82 Å². The lowest BCUT2D eigenvalue weighted by molar-refractivity contribution is 0.414. The van der Waals surface area contributed by atoms with Crippen molar-refractivity contribution >= 4 is 16.6 Å². The Hall–Kier alpha value is -2.82. The number of nitrogens with zero attached hydrogens (tertiary/aromatic N) is 4. The Balaban J connectivity index is 1.85. The molecule has 0 N–H and O–H groups in total. The number of ether oxygens (including phenoxy) is 1. The zero-order chi connectivity index (χ0) is 15.4. The summed E-state index contributed by atoms with van der Waals surface area (Å²) in [4.78, 5) is 0. The topological polar surface area (TPSA) is 59.7 Å². The first kappa shape index (κ1) is 14.1. The number of hydrogen-bond donors (Lipinski definition) is 0. The zero-order valence-corrected chi connectivity index (χ0v) is 12.5. The van der Waals surface area contributed by atoms with Crippen molar-refractivity contribution in [3.63, 3.8) is 0 Å². The van der Waals surface area contributed by atoms with E-state index in [9.17, 15) is 0 Å². The Morgan fingerprint density at radius 2 is 1.82 bits per heavy atom. The number of rotatable bonds is 4. The Labute approximate surface area is 128 Å². The predicted octanol–water partition coefficient (Wildman–Crippen LogP) is 4.48. The molecule has 5 nitrogen and oxygen atoms in total. The largest absolute Gasteiger partial charge is 0.497 e. The van der Waals surface area contributed by atoms with E-state index in [0.717, 1.165) is 22.1 Å². The summed E-state index contributed by atoms with van der Waals surface area (Å²) in [5.74, 6) is 1.37. The van der Waals surface area contributed by atoms with Crippen molar-refractivity contribution in [2.45, 2.75) is 13.0 Å². The van der Waals surface area contributed by atoms with Gasteiger partial charge in [-0.3, -0.25) is 0 Å². The molecular formula is C17H16N4O. The van der Waals surface area contributed by atoms with Crippen LogP contribution in [0.25, 0.3) is 10.8 Å². The summed E-state index contributed by atoms with van der Waals surface area (Å²) in [6.45, 7) is 1.99. The highest BCUT2D eigenvalue weighted by Gasteiger charge is 2.06. The van der Waals surface area contributed by atoms with Crippen molar-refractivity contribution in [1.82, 2.24) is 10.2 Å². The molecular weight excluding hydrogens is 276 g/mol. The van der Waals surface area contributed by atoms with Crippen LogP contribution in [0.15, 0.2) is 65.0 Å². The van der Waals surface area contributed by atoms with Crippen LogP contribution in [0.1, 0.15) is 18.5 Å². The summed E-state index contributed by atoms with van der Waals surface area (Å²) in [7, 11) is 1.65. The second kappa shape index (κ2) is 6.30. The van der Waals surface area contributed by atoms with Gasteiger partial charge >= 0.3 is 0 Å². The monoisotopic (exact) mass is 292 g/mol. The number of fused-ring (bicyclic) bond motifs is 1. The molecule has 2 aromatic carbocycles. The molecule has 0 fully saturated rings. The molecule has 1 unspecified atom stereocenters. The molecule has 1 atom stereocenters. The maximum absolute atomic E-state index is 5.15. The Kier molecular flexibility index (Phi) is 4.05. The minimum atomic E-state index is -0.0633. The molecule has 110 valence electrons. The summed E-state index contributed by atoms with van der Waals surface area (Å²) in [5, 5.41) is 18.6. The van der Waals surface area contributed by atoms with Crippen molar-refractivity contribution in [1.29, 1.82) is 0 Å². The van der Waals surface area contributed by atoms with Crippen LogP contribution in [0, 0.1) is 0 Å². The number of azo groups is 1. The maximum Gasteiger partial charge on any atom is 0.203 e. The smallest absolute Gasteiger partial charge is 0.203 e. The first-order valence-electron chi connectivity index (χ1n) is 7.03. The Morgan fingerprint density at radius 3 is 2.59 bits per heavy atom. The van der Waals surface area contributed by atoms with E-state index < -0.39 is 0 Å². The first-order valence-corrected chi connectivity index (χ1v) is 7.03. The normalized spacial score (nSPS) is 12.6. The molecule has 0 radical (unpaired) electrons. The van der Waals surface area contributed by atoms with Gasteiger partial charge in [-0.25, -0.2) is 0 Å². The summed E-state index contributed by atoms with van der Waals surface area (Å²) >= 11 is 0. The molecule has 0 aliphatic rings. The number of benzene rings is 2. The second-order valence-electron chi connectivity index (χ2n) is 4.92. The molecule has 0 aliphatic heterocycles. The Morgan fingerprint density at radius 1 is 1.05 bits per heavy atom. The molecule has 0 aliphatic carbocycles. The third-order valence-corrected chi connectivity index (χ3v) is 3.47. The fraction of sp³-hybridized carbons (Fsp3) is 0.176. The SMILES string of the molecule is COc1ccc(C(C)N=Nc2nncc3ccccc23)cc1. The van der Waals surface area contributed by atoms with Gasteiger partial charge in [0, 0.05) is 10.8 Å². The third kappa shape index (κ3) is 2.93. The van der Waals surface area contributed by atoms with E-state index in [1.807, 2.05) is 55.5 Å². The number of methoxy groups -OCH3 is 1. The van der Waals surface area contributed by atoms with Gasteiger partial charge in [0.1, 0.15) is 5.75 Å². The van der Waals surface area contributed by atoms with Crippen molar-refractivity contribution < 1.29 is 4.74 Å². The van der Waals surface area contributed by atoms with E-state index in [0.29, 0.717) is 5.82 Å². The van der Waals surface area contributed by atoms with E-state index in [-0.39, 0.29) is 6.04 Å². The zero-order valence-electron chi connectivity index (χ0n) is 12.5. The highest BCUT2D eigenvalue weighted by molar-refractivity contribution is 5.89. The summed E-state index contributed by atoms with van der Waals surface area (Å²) in [6, 6.07) is 15.6. The second-order valence-corrected chi connectivity index (χ2v) is 4.92. The van der Waals surface area contributed by atoms with Crippen LogP contribution in [0.2, 0.25) is 0 Å². The standard InChI is InChI=1S/C17H16N4O/c1-12(13-7-9-15(22-2)10-8-13)19-21-17-16-6-4-3-5-14(16)11-18-20-17/h3-12H,1-2H3. The minimum absolute atomic E-state index is 0.0633. The van der Waals surface area contributed by atoms with Crippen LogP contribution >= 0.6 is 0 Å². The van der Waals surface area contributed by atoms with Crippen LogP contribution in [0.3, 0.4) is 0 Å². The van der Waals surface area contributed by atoms with Crippen LogP contribution in [0.4, 0.5) is 5.82 Å². The molecule has 1 aromatic heterocycles. The van der Waals surface area contributed by atoms with E-state index in [4.69, 9.17) is 4.74 Å². The summed E-state index contributed by atoms with van der Waals surface area (Å²) < 4.78 is 5.15. The molecule has 0 spiro atoms. The van der Waals surface area contributed by atoms with Crippen LogP contribution < -0.4 is 4.74 Å². The average Bonchev–Trinajstić information content (AvgIpc) is 2.59. The fourth-order valence-electron chi connectivity index (χ4n) is 2.18. The van der Waals surface area contributed by atoms with Crippen molar-refractivity contribution in [3.8, 4) is 5.75 Å². The van der Waals surface area contributed by atoms with Gasteiger partial charge in [0.15, 0.2) is 0 Å². The van der Waals surface area contributed by atoms with Gasteiger partial charge in [-0.05, 0) is 24.6 Å². The van der Waals surface area contributed by atoms with Gasteiger partial charge in [0.25, 0.3) is 0 Å². The third-order valence-electron chi connectivity index (χ3n) is 3.47. The highest BCUT2D eigenvalue weighted by Crippen LogP contribution is 2.25. The highest BCUT2D eigenvalue weighted by atomic mass is 16.5. The number of aromatic nitrogens is 2. The molecule has 0 bridgehead atoms. The van der Waals surface area contributed by atoms with E-state index in [1.165, 1.54) is 0 Å². The van der Waals surface area contributed by atoms with Gasteiger partial charge in [-0.2, -0.15) is 10.2 Å². The molecule has 5 heteroatoms. The molecule has 3 aromatic rings. The molecule has 1 heterocycles. The van der Waals surface area contributed by atoms with Gasteiger partial charge in [-0.1, -0.05) is 36.4 Å². The molecule has 3 rings (SSSR count). The van der Waals surface area contributed by atoms with Crippen molar-refractivity contribution in [2.24, 2.45) is 10.2 Å². The van der Waals surface area contributed by atoms with Gasteiger partial charge < -0.3 is 4.74 Å². The summed E-state index contributed by atoms with van der Waals surface area (Å²) in [6.07, 6.45) is 1.72. The Bertz CT molecular complexity index is 794. The van der Waals surface area contributed by atoms with Crippen molar-refractivity contribution in [2.75, 3.05) is 7.11 Å². The summed E-state index contributed by atoms with van der Waals surface area (Å²) in [5.41, 5.74) is 1.07. The predicted molar refractivity (Wildman–Crippen MR) is 85.5 cm³/mol. The van der Waals surface area contributed by atoms with E-state index in [2.05, 4.69) is 20.4 Å². The molecule has 0 saturated heterocycles. The lowest BCUT2D eigenvalue weighted by atomic mass is 10.1. The van der Waals surface area contributed by atoms with Crippen LogP contribution in [-0.2, 0) is 0 Å². The lowest BCUT2D eigenvalue weighted by Crippen LogP contribution is -1.90. The maximum atomic E-state index is 5.15. The van der Waals surface area contributed by atoms with Gasteiger partial charge in [0.05, 0.1) is 19.3 Å². The molecule has 0 amide bonds. The van der Waals surface area contributed by atoms with Crippen LogP contribution in [0.5, 0.6) is 5.75 Å². The first-order chi connectivity index (χ1) is 10.8. The average molecular weight is 292 g/mol. The lowest BCUT2D eigenvalue weighted by Gasteiger charge is -2.06. The minimum Gasteiger partial charge on any atom is -0.497 e. The molecule has 22 heavy (non-hydrogen) atoms. The van der Waals surface area contributed by atoms with Crippen LogP contribution in [-0.4, -0.2) is 17.3 Å². The fourth-order valence-corrected chi connectivity index (χ4v) is 2.18. The quantitative estimate of drug-likeness (QED) is 0.666. The van der Waals surface area contributed by atoms with Crippen molar-refractivity contribution in [3.05, 3.63) is 60.3 Å².